The molecule has 5 amide bonds. The number of aryl methyl sites for hydroxylation is 1. The van der Waals surface area contributed by atoms with Gasteiger partial charge >= 0.3 is 0 Å². The highest BCUT2D eigenvalue weighted by atomic mass is 16.5. The third kappa shape index (κ3) is 9.51. The van der Waals surface area contributed by atoms with Crippen molar-refractivity contribution in [3.63, 3.8) is 0 Å². The van der Waals surface area contributed by atoms with Gasteiger partial charge in [-0.25, -0.2) is 4.98 Å². The molecule has 344 valence electrons. The number of carbonyl (C=O) groups excluding carboxylic acids is 5. The molecule has 0 radical (unpaired) electrons. The Morgan fingerprint density at radius 2 is 1.71 bits per heavy atom. The van der Waals surface area contributed by atoms with Crippen LogP contribution < -0.4 is 30.4 Å². The van der Waals surface area contributed by atoms with Crippen molar-refractivity contribution in [1.29, 1.82) is 0 Å². The lowest BCUT2D eigenvalue weighted by atomic mass is 9.88. The second-order valence-corrected chi connectivity index (χ2v) is 16.3. The third-order valence-electron chi connectivity index (χ3n) is 12.5. The van der Waals surface area contributed by atoms with Crippen molar-refractivity contribution in [3.05, 3.63) is 75.8 Å². The molecular weight excluding hydrogens is 843 g/mol. The van der Waals surface area contributed by atoms with Gasteiger partial charge in [-0.2, -0.15) is 0 Å². The summed E-state index contributed by atoms with van der Waals surface area (Å²) >= 11 is 0. The second kappa shape index (κ2) is 19.9. The number of unbranched alkanes of at least 4 members (excludes halogenated alkanes) is 1. The van der Waals surface area contributed by atoms with Gasteiger partial charge in [-0.1, -0.05) is 6.07 Å². The van der Waals surface area contributed by atoms with E-state index in [4.69, 9.17) is 28.8 Å². The summed E-state index contributed by atoms with van der Waals surface area (Å²) in [5, 5.41) is 13.4. The molecule has 0 bridgehead atoms. The Hall–Kier alpha value is -6.86. The fourth-order valence-electron chi connectivity index (χ4n) is 9.05. The second-order valence-electron chi connectivity index (χ2n) is 16.3. The van der Waals surface area contributed by atoms with Crippen molar-refractivity contribution in [1.82, 2.24) is 29.6 Å². The predicted octanol–water partition coefficient (Wildman–Crippen LogP) is 3.20. The topological polar surface area (TPSA) is 228 Å². The van der Waals surface area contributed by atoms with Crippen molar-refractivity contribution in [2.75, 3.05) is 66.0 Å². The van der Waals surface area contributed by atoms with E-state index in [0.717, 1.165) is 52.9 Å². The minimum atomic E-state index is -1.06. The first-order valence-electron chi connectivity index (χ1n) is 21.5. The Morgan fingerprint density at radius 1 is 0.985 bits per heavy atom. The fraction of sp³-hybridized carbons (Fsp3) is 0.435. The minimum Gasteiger partial charge on any atom is -0.496 e. The van der Waals surface area contributed by atoms with Gasteiger partial charge in [0.25, 0.3) is 23.8 Å². The highest BCUT2D eigenvalue weighted by Gasteiger charge is 2.46. The average molecular weight is 896 g/mol. The molecule has 8 rings (SSSR count). The number of morpholine rings is 1. The standard InChI is InChI=1S/C45H51N7O10.CH2O2/c1-46-37-22-29-30(23-47-37)31(24-49(2)42(29)56)27-20-35(59-3)32(36(21-27)60-4)25-50-15-13-45(14-16-50)26-51(17-19-62-45)39(54)10-5-6-18-61-34-9-7-8-28-40(34)44(58)52(43(28)57)33-11-12-38(53)48-41(33)55;2-1-3/h7-9,20-24,33H,5-6,10-19,25-26H2,1-4H3,(H,46,47)(H,48,53,55);1H,(H,2,3). The Balaban J connectivity index is 0.00000204. The summed E-state index contributed by atoms with van der Waals surface area (Å²) < 4.78 is 25.8. The van der Waals surface area contributed by atoms with Crippen molar-refractivity contribution in [2.24, 2.45) is 7.05 Å². The minimum absolute atomic E-state index is 0.0382. The van der Waals surface area contributed by atoms with E-state index < -0.39 is 35.3 Å². The van der Waals surface area contributed by atoms with E-state index in [1.165, 1.54) is 6.07 Å². The number of ether oxygens (including phenoxy) is 4. The van der Waals surface area contributed by atoms with Gasteiger partial charge < -0.3 is 38.8 Å². The number of imide groups is 2. The largest absolute Gasteiger partial charge is 0.496 e. The molecule has 19 heteroatoms. The number of nitrogens with zero attached hydrogens (tertiary/aromatic N) is 5. The molecule has 0 saturated carbocycles. The number of piperidine rings is 2. The van der Waals surface area contributed by atoms with Gasteiger partial charge in [0.2, 0.25) is 17.7 Å². The van der Waals surface area contributed by atoms with Gasteiger partial charge in [0.1, 0.15) is 29.1 Å². The van der Waals surface area contributed by atoms with E-state index in [2.05, 4.69) is 20.5 Å². The molecule has 3 fully saturated rings. The number of anilines is 1. The molecule has 6 heterocycles. The van der Waals surface area contributed by atoms with Crippen molar-refractivity contribution >= 4 is 52.6 Å². The third-order valence-corrected chi connectivity index (χ3v) is 12.5. The molecule has 2 aromatic heterocycles. The zero-order chi connectivity index (χ0) is 46.4. The van der Waals surface area contributed by atoms with Crippen LogP contribution in [0.3, 0.4) is 0 Å². The molecule has 4 aromatic rings. The van der Waals surface area contributed by atoms with Crippen LogP contribution in [0.25, 0.3) is 21.9 Å². The lowest BCUT2D eigenvalue weighted by Gasteiger charge is -2.47. The van der Waals surface area contributed by atoms with Gasteiger partial charge in [-0.3, -0.25) is 48.7 Å². The number of methoxy groups -OCH3 is 2. The first-order chi connectivity index (χ1) is 31.3. The summed E-state index contributed by atoms with van der Waals surface area (Å²) in [7, 11) is 6.78. The zero-order valence-electron chi connectivity index (χ0n) is 36.8. The SMILES string of the molecule is CNc1cc2c(=O)n(C)cc(-c3cc(OC)c(CN4CCC5(CC4)CN(C(=O)CCCCOc4cccc6c4C(=O)N(C4CCC(=O)NC4=O)C6=O)CCO5)c(OC)c3)c2cn1.O=CO. The maximum Gasteiger partial charge on any atom is 0.290 e. The van der Waals surface area contributed by atoms with Crippen LogP contribution in [0.15, 0.2) is 53.6 Å². The number of nitrogens with one attached hydrogen (secondary N) is 2. The van der Waals surface area contributed by atoms with E-state index in [1.807, 2.05) is 23.2 Å². The molecule has 1 atom stereocenters. The van der Waals surface area contributed by atoms with E-state index >= 15 is 0 Å². The zero-order valence-corrected chi connectivity index (χ0v) is 36.8. The van der Waals surface area contributed by atoms with Gasteiger partial charge in [0, 0.05) is 83.0 Å². The van der Waals surface area contributed by atoms with Crippen LogP contribution in [0.1, 0.15) is 71.2 Å². The summed E-state index contributed by atoms with van der Waals surface area (Å²) in [6.45, 7) is 3.57. The summed E-state index contributed by atoms with van der Waals surface area (Å²) in [5.74, 6) is -0.0742. The molecule has 3 N–H and O–H groups in total. The molecule has 4 aliphatic rings. The molecule has 1 spiro atoms. The monoisotopic (exact) mass is 895 g/mol. The molecule has 65 heavy (non-hydrogen) atoms. The smallest absolute Gasteiger partial charge is 0.290 e. The number of hydrogen-bond acceptors (Lipinski definition) is 14. The number of pyridine rings is 2. The number of carboxylic acid groups (broad SMARTS) is 1. The predicted molar refractivity (Wildman–Crippen MR) is 236 cm³/mol. The number of carbonyl (C=O) groups is 6. The van der Waals surface area contributed by atoms with Crippen LogP contribution >= 0.6 is 0 Å². The summed E-state index contributed by atoms with van der Waals surface area (Å²) in [6, 6.07) is 9.41. The molecule has 3 saturated heterocycles. The molecular formula is C46H53N7O12. The maximum atomic E-state index is 13.5. The number of fused-ring (bicyclic) bond motifs is 2. The van der Waals surface area contributed by atoms with E-state index in [9.17, 15) is 28.8 Å². The van der Waals surface area contributed by atoms with E-state index in [0.29, 0.717) is 68.2 Å². The maximum absolute atomic E-state index is 13.5. The molecule has 0 aliphatic carbocycles. The number of rotatable bonds is 13. The summed E-state index contributed by atoms with van der Waals surface area (Å²) in [6.07, 6.45) is 6.58. The Morgan fingerprint density at radius 3 is 2.38 bits per heavy atom. The quantitative estimate of drug-likeness (QED) is 0.0995. The van der Waals surface area contributed by atoms with Gasteiger partial charge in [0.15, 0.2) is 0 Å². The number of aromatic nitrogens is 2. The first-order valence-corrected chi connectivity index (χ1v) is 21.5. The molecule has 19 nitrogen and oxygen atoms in total. The fourth-order valence-corrected chi connectivity index (χ4v) is 9.05. The number of amides is 5. The van der Waals surface area contributed by atoms with E-state index in [1.54, 1.807) is 57.3 Å². The number of benzene rings is 2. The van der Waals surface area contributed by atoms with Crippen LogP contribution in [0.5, 0.6) is 17.2 Å². The molecule has 2 aromatic carbocycles. The van der Waals surface area contributed by atoms with Crippen LogP contribution in [0.2, 0.25) is 0 Å². The van der Waals surface area contributed by atoms with Crippen LogP contribution in [0.4, 0.5) is 5.82 Å². The summed E-state index contributed by atoms with van der Waals surface area (Å²) in [5.41, 5.74) is 2.29. The van der Waals surface area contributed by atoms with E-state index in [-0.39, 0.29) is 54.3 Å². The molecule has 1 unspecified atom stereocenters. The Bertz CT molecular complexity index is 2540. The van der Waals surface area contributed by atoms with Crippen LogP contribution in [-0.4, -0.2) is 138 Å². The number of likely N-dealkylation sites (tertiary alicyclic amines) is 1. The van der Waals surface area contributed by atoms with Crippen molar-refractivity contribution in [3.8, 4) is 28.4 Å². The van der Waals surface area contributed by atoms with Crippen LogP contribution in [0, 0.1) is 0 Å². The van der Waals surface area contributed by atoms with Crippen molar-refractivity contribution in [2.45, 2.75) is 63.1 Å². The highest BCUT2D eigenvalue weighted by Crippen LogP contribution is 2.40. The van der Waals surface area contributed by atoms with Gasteiger partial charge in [-0.15, -0.1) is 0 Å². The van der Waals surface area contributed by atoms with Gasteiger partial charge in [-0.05, 0) is 68.0 Å². The van der Waals surface area contributed by atoms with Crippen molar-refractivity contribution < 1.29 is 52.8 Å². The average Bonchev–Trinajstić information content (AvgIpc) is 3.56. The molecule has 4 aliphatic heterocycles. The summed E-state index contributed by atoms with van der Waals surface area (Å²) in [4.78, 5) is 95.2. The normalized spacial score (nSPS) is 18.2. The lowest BCUT2D eigenvalue weighted by molar-refractivity contribution is -0.159. The number of hydrogen-bond donors (Lipinski definition) is 3. The Labute approximate surface area is 374 Å². The Kier molecular flexibility index (Phi) is 14.1. The highest BCUT2D eigenvalue weighted by molar-refractivity contribution is 6.24. The first kappa shape index (κ1) is 46.1. The van der Waals surface area contributed by atoms with Crippen LogP contribution in [-0.2, 0) is 37.5 Å². The van der Waals surface area contributed by atoms with Gasteiger partial charge in [0.05, 0.1) is 55.1 Å². The lowest BCUT2D eigenvalue weighted by Crippen LogP contribution is -2.57.